The fraction of sp³-hybridized carbons (Fsp3) is 1.00. The fourth-order valence-corrected chi connectivity index (χ4v) is 107. The van der Waals surface area contributed by atoms with Crippen LogP contribution in [0, 0.1) is 0 Å². The zero-order chi connectivity index (χ0) is 21.9. The van der Waals surface area contributed by atoms with Crippen LogP contribution in [0.15, 0.2) is 0 Å². The van der Waals surface area contributed by atoms with Crippen molar-refractivity contribution < 1.29 is 24.6 Å². The Bertz CT molecular complexity index is 377. The molecule has 0 bridgehead atoms. The van der Waals surface area contributed by atoms with Crippen LogP contribution in [-0.2, 0) is 24.6 Å². The van der Waals surface area contributed by atoms with Gasteiger partial charge in [-0.05, 0) is 0 Å². The fourth-order valence-electron chi connectivity index (χ4n) is 6.54. The summed E-state index contributed by atoms with van der Waals surface area (Å²) in [6, 6.07) is 0. The zero-order valence-electron chi connectivity index (χ0n) is 21.9. The molecule has 0 aromatic carbocycles. The summed E-state index contributed by atoms with van der Waals surface area (Å²) in [6.07, 6.45) is 0. The molecule has 0 radical (unpaired) electrons. The maximum absolute atomic E-state index is 2.86. The van der Waals surface area contributed by atoms with E-state index in [1.54, 1.807) is 22.7 Å². The molecule has 27 heavy (non-hydrogen) atoms. The maximum atomic E-state index is 2.86. The third-order valence-corrected chi connectivity index (χ3v) is 75.5. The molecule has 0 saturated heterocycles. The molecular formula is C20H54HgSi6. The van der Waals surface area contributed by atoms with Crippen molar-refractivity contribution in [3.05, 3.63) is 0 Å². The second kappa shape index (κ2) is 10.2. The molecule has 0 fully saturated rings. The first-order valence-electron chi connectivity index (χ1n) is 11.5. The zero-order valence-corrected chi connectivity index (χ0v) is 33.4. The molecule has 0 aliphatic carbocycles. The molecule has 0 saturated carbocycles. The first-order chi connectivity index (χ1) is 11.5. The van der Waals surface area contributed by atoms with Gasteiger partial charge in [0.2, 0.25) is 0 Å². The summed E-state index contributed by atoms with van der Waals surface area (Å²) in [5, 5.41) is 0. The molecule has 0 N–H and O–H groups in total. The van der Waals surface area contributed by atoms with Crippen molar-refractivity contribution in [2.45, 2.75) is 121 Å². The van der Waals surface area contributed by atoms with Gasteiger partial charge in [0, 0.05) is 0 Å². The van der Waals surface area contributed by atoms with Gasteiger partial charge in [-0.3, -0.25) is 0 Å². The van der Waals surface area contributed by atoms with Gasteiger partial charge in [-0.1, -0.05) is 0 Å². The van der Waals surface area contributed by atoms with Crippen molar-refractivity contribution in [2.24, 2.45) is 0 Å². The van der Waals surface area contributed by atoms with Gasteiger partial charge in [-0.15, -0.1) is 0 Å². The van der Waals surface area contributed by atoms with Crippen LogP contribution in [0.2, 0.25) is 121 Å². The van der Waals surface area contributed by atoms with Crippen LogP contribution in [-0.4, -0.2) is 48.4 Å². The number of hydrogen-bond donors (Lipinski definition) is 0. The molecule has 0 aliphatic heterocycles. The average molecular weight is 664 g/mol. The summed E-state index contributed by atoms with van der Waals surface area (Å²) in [7, 11) is -5.62. The molecule has 0 amide bonds. The summed E-state index contributed by atoms with van der Waals surface area (Å²) >= 11 is -0.724. The number of rotatable bonds is 12. The van der Waals surface area contributed by atoms with Crippen molar-refractivity contribution in [1.82, 2.24) is 0 Å². The van der Waals surface area contributed by atoms with Crippen LogP contribution in [0.1, 0.15) is 0 Å². The minimum atomic E-state index is -0.970. The van der Waals surface area contributed by atoms with Crippen LogP contribution in [0.4, 0.5) is 0 Å². The Morgan fingerprint density at radius 3 is 0.704 bits per heavy atom. The van der Waals surface area contributed by atoms with Crippen molar-refractivity contribution in [3.8, 4) is 0 Å². The molecule has 0 aliphatic rings. The van der Waals surface area contributed by atoms with Crippen LogP contribution >= 0.6 is 0 Å². The predicted octanol–water partition coefficient (Wildman–Crippen LogP) is 8.65. The van der Waals surface area contributed by atoms with Gasteiger partial charge in [-0.2, -0.15) is 0 Å². The van der Waals surface area contributed by atoms with E-state index < -0.39 is 73.0 Å². The third-order valence-electron chi connectivity index (χ3n) is 5.39. The summed E-state index contributed by atoms with van der Waals surface area (Å²) in [5.74, 6) is 0. The van der Waals surface area contributed by atoms with Crippen LogP contribution < -0.4 is 0 Å². The predicted molar refractivity (Wildman–Crippen MR) is 145 cm³/mol. The quantitative estimate of drug-likeness (QED) is 0.184. The van der Waals surface area contributed by atoms with E-state index in [2.05, 4.69) is 91.7 Å². The van der Waals surface area contributed by atoms with Crippen molar-refractivity contribution >= 4 is 48.4 Å². The van der Waals surface area contributed by atoms with Gasteiger partial charge in [0.05, 0.1) is 0 Å². The normalized spacial score (nSPS) is 15.0. The average Bonchev–Trinajstić information content (AvgIpc) is 2.14. The van der Waals surface area contributed by atoms with Gasteiger partial charge >= 0.3 is 194 Å². The monoisotopic (exact) mass is 664 g/mol. The summed E-state index contributed by atoms with van der Waals surface area (Å²) < 4.78 is 3.73. The van der Waals surface area contributed by atoms with E-state index in [1.807, 2.05) is 7.11 Å². The van der Waals surface area contributed by atoms with Crippen LogP contribution in [0.25, 0.3) is 0 Å². The summed E-state index contributed by atoms with van der Waals surface area (Å²) in [5.41, 5.74) is 6.91. The van der Waals surface area contributed by atoms with E-state index in [1.165, 1.54) is 0 Å². The molecule has 0 aromatic heterocycles. The van der Waals surface area contributed by atoms with E-state index in [9.17, 15) is 0 Å². The SMILES string of the molecule is C[Si](C)(C)C[Si](C)([CH2][Hg][CH2][Si](C)(C[Si](C)(C)C)C[Si](C)(C)C)C[Si](C)(C)C. The van der Waals surface area contributed by atoms with E-state index in [-0.39, 0.29) is 0 Å². The van der Waals surface area contributed by atoms with E-state index in [4.69, 9.17) is 0 Å². The van der Waals surface area contributed by atoms with Crippen LogP contribution in [0.3, 0.4) is 0 Å². The molecule has 0 unspecified atom stereocenters. The molecule has 0 spiro atoms. The Hall–Kier alpha value is 2.24. The topological polar surface area (TPSA) is 0 Å². The molecular weight excluding hydrogens is 609 g/mol. The molecule has 0 atom stereocenters. The Morgan fingerprint density at radius 2 is 0.556 bits per heavy atom. The summed E-state index contributed by atoms with van der Waals surface area (Å²) in [6.45, 7) is 37.5. The Morgan fingerprint density at radius 1 is 0.370 bits per heavy atom. The molecule has 0 aromatic rings. The van der Waals surface area contributed by atoms with E-state index >= 15 is 0 Å². The second-order valence-electron chi connectivity index (χ2n) is 15.4. The van der Waals surface area contributed by atoms with E-state index in [0.717, 1.165) is 0 Å². The van der Waals surface area contributed by atoms with Gasteiger partial charge in [0.25, 0.3) is 0 Å². The molecule has 160 valence electrons. The molecule has 0 heterocycles. The van der Waals surface area contributed by atoms with E-state index in [0.29, 0.717) is 0 Å². The standard InChI is InChI=1S/2C10H27Si3.Hg/c2*1-11(2,3)9-13(7,8)10-12(4,5)6;/h2*7,9-10H2,1-6,8H3;. The Labute approximate surface area is 193 Å². The van der Waals surface area contributed by atoms with Crippen LogP contribution in [0.5, 0.6) is 0 Å². The summed E-state index contributed by atoms with van der Waals surface area (Å²) in [4.78, 5) is 0. The number of hydrogen-bond acceptors (Lipinski definition) is 0. The molecule has 7 heteroatoms. The minimum absolute atomic E-state index is 0.724. The van der Waals surface area contributed by atoms with Crippen molar-refractivity contribution in [1.29, 1.82) is 0 Å². The van der Waals surface area contributed by atoms with Crippen molar-refractivity contribution in [3.63, 3.8) is 0 Å². The van der Waals surface area contributed by atoms with Gasteiger partial charge < -0.3 is 0 Å². The molecule has 0 rings (SSSR count). The first kappa shape index (κ1) is 29.2. The van der Waals surface area contributed by atoms with Gasteiger partial charge in [-0.25, -0.2) is 0 Å². The molecule has 0 nitrogen and oxygen atoms in total. The first-order valence-corrected chi connectivity index (χ1v) is 40.4. The second-order valence-corrected chi connectivity index (χ2v) is 64.2. The Kier molecular flexibility index (Phi) is 11.1. The van der Waals surface area contributed by atoms with Gasteiger partial charge in [0.1, 0.15) is 0 Å². The van der Waals surface area contributed by atoms with Crippen molar-refractivity contribution in [2.75, 3.05) is 0 Å². The van der Waals surface area contributed by atoms with Gasteiger partial charge in [0.15, 0.2) is 0 Å². The Balaban J connectivity index is 5.25. The third kappa shape index (κ3) is 16.6.